The Morgan fingerprint density at radius 1 is 1.40 bits per heavy atom. The third-order valence-corrected chi connectivity index (χ3v) is 4.03. The Hall–Kier alpha value is -1.76. The minimum absolute atomic E-state index is 0.0311. The van der Waals surface area contributed by atoms with Gasteiger partial charge in [0.25, 0.3) is 5.91 Å². The first-order chi connectivity index (χ1) is 9.40. The summed E-state index contributed by atoms with van der Waals surface area (Å²) in [5.74, 6) is -0.510. The van der Waals surface area contributed by atoms with E-state index in [1.807, 2.05) is 13.8 Å². The number of hydrogen-bond donors (Lipinski definition) is 1. The number of aryl methyl sites for hydroxylation is 3. The van der Waals surface area contributed by atoms with Crippen molar-refractivity contribution < 1.29 is 13.6 Å². The lowest BCUT2D eigenvalue weighted by molar-refractivity contribution is 0.0617. The summed E-state index contributed by atoms with van der Waals surface area (Å²) in [6.45, 7) is 2.85. The van der Waals surface area contributed by atoms with Crippen LogP contribution in [0.15, 0.2) is 12.1 Å². The zero-order chi connectivity index (χ0) is 14.9. The molecule has 1 amide bonds. The number of rotatable bonds is 4. The molecule has 4 nitrogen and oxygen atoms in total. The molecule has 0 saturated heterocycles. The van der Waals surface area contributed by atoms with Crippen molar-refractivity contribution in [3.05, 3.63) is 39.1 Å². The van der Waals surface area contributed by atoms with Crippen LogP contribution < -0.4 is 5.32 Å². The van der Waals surface area contributed by atoms with Crippen molar-refractivity contribution in [1.82, 2.24) is 14.9 Å². The van der Waals surface area contributed by atoms with Crippen LogP contribution in [0.2, 0.25) is 0 Å². The fourth-order valence-corrected chi connectivity index (χ4v) is 2.86. The molecule has 7 heteroatoms. The predicted molar refractivity (Wildman–Crippen MR) is 73.2 cm³/mol. The molecule has 1 N–H and O–H groups in total. The molecule has 0 aliphatic rings. The Morgan fingerprint density at radius 3 is 2.65 bits per heavy atom. The number of nitrogens with one attached hydrogen (secondary N) is 1. The maximum Gasteiger partial charge on any atom is 0.319 e. The van der Waals surface area contributed by atoms with Gasteiger partial charge in [-0.25, -0.2) is 4.98 Å². The van der Waals surface area contributed by atoms with Crippen LogP contribution in [0.3, 0.4) is 0 Å². The van der Waals surface area contributed by atoms with Crippen LogP contribution in [0.5, 0.6) is 0 Å². The molecule has 0 radical (unpaired) electrons. The Morgan fingerprint density at radius 2 is 2.10 bits per heavy atom. The molecular weight excluding hydrogens is 284 g/mol. The number of thiazole rings is 1. The van der Waals surface area contributed by atoms with E-state index in [1.54, 1.807) is 6.92 Å². The molecule has 0 saturated carbocycles. The maximum atomic E-state index is 12.9. The highest BCUT2D eigenvalue weighted by Gasteiger charge is 2.19. The molecule has 0 bridgehead atoms. The van der Waals surface area contributed by atoms with Crippen molar-refractivity contribution in [1.29, 1.82) is 0 Å². The van der Waals surface area contributed by atoms with Crippen molar-refractivity contribution in [2.75, 3.05) is 0 Å². The van der Waals surface area contributed by atoms with Crippen molar-refractivity contribution in [2.45, 2.75) is 33.9 Å². The SMILES string of the molecule is Cc1nc(C)c(CNC(=O)c2ccc(C)n2C(F)F)s1. The first-order valence-corrected chi connectivity index (χ1v) is 6.89. The molecule has 0 atom stereocenters. The number of hydrogen-bond acceptors (Lipinski definition) is 3. The van der Waals surface area contributed by atoms with E-state index in [1.165, 1.54) is 23.5 Å². The second kappa shape index (κ2) is 5.70. The van der Waals surface area contributed by atoms with E-state index in [9.17, 15) is 13.6 Å². The highest BCUT2D eigenvalue weighted by molar-refractivity contribution is 7.11. The van der Waals surface area contributed by atoms with E-state index < -0.39 is 12.5 Å². The summed E-state index contributed by atoms with van der Waals surface area (Å²) in [4.78, 5) is 17.2. The van der Waals surface area contributed by atoms with Gasteiger partial charge in [0.1, 0.15) is 5.69 Å². The van der Waals surface area contributed by atoms with Crippen LogP contribution in [-0.2, 0) is 6.54 Å². The van der Waals surface area contributed by atoms with Crippen LogP contribution in [0.1, 0.15) is 38.3 Å². The molecule has 2 aromatic rings. The highest BCUT2D eigenvalue weighted by atomic mass is 32.1. The second-order valence-electron chi connectivity index (χ2n) is 4.43. The monoisotopic (exact) mass is 299 g/mol. The lowest BCUT2D eigenvalue weighted by atomic mass is 10.3. The molecule has 2 rings (SSSR count). The molecule has 0 aliphatic carbocycles. The van der Waals surface area contributed by atoms with E-state index in [-0.39, 0.29) is 5.69 Å². The smallest absolute Gasteiger partial charge is 0.319 e. The summed E-state index contributed by atoms with van der Waals surface area (Å²) >= 11 is 1.49. The summed E-state index contributed by atoms with van der Waals surface area (Å²) in [6, 6.07) is 2.91. The Labute approximate surface area is 119 Å². The topological polar surface area (TPSA) is 46.9 Å². The van der Waals surface area contributed by atoms with Gasteiger partial charge in [0.2, 0.25) is 0 Å². The Bertz CT molecular complexity index is 634. The van der Waals surface area contributed by atoms with Crippen LogP contribution in [0, 0.1) is 20.8 Å². The number of halogens is 2. The molecule has 0 aromatic carbocycles. The molecule has 20 heavy (non-hydrogen) atoms. The van der Waals surface area contributed by atoms with Gasteiger partial charge in [-0.1, -0.05) is 0 Å². The van der Waals surface area contributed by atoms with E-state index in [0.717, 1.165) is 20.1 Å². The number of amides is 1. The standard InChI is InChI=1S/C13H15F2N3OS/c1-7-4-5-10(18(7)13(14)15)12(19)16-6-11-8(2)17-9(3)20-11/h4-5,13H,6H2,1-3H3,(H,16,19). The number of alkyl halides is 2. The number of nitrogens with zero attached hydrogens (tertiary/aromatic N) is 2. The average molecular weight is 299 g/mol. The van der Waals surface area contributed by atoms with E-state index >= 15 is 0 Å². The quantitative estimate of drug-likeness (QED) is 0.942. The van der Waals surface area contributed by atoms with Gasteiger partial charge in [-0.2, -0.15) is 8.78 Å². The van der Waals surface area contributed by atoms with Gasteiger partial charge in [0.15, 0.2) is 0 Å². The summed E-state index contributed by atoms with van der Waals surface area (Å²) in [5, 5.41) is 3.57. The third kappa shape index (κ3) is 2.87. The normalized spacial score (nSPS) is 11.1. The molecular formula is C13H15F2N3OS. The lowest BCUT2D eigenvalue weighted by Gasteiger charge is -2.10. The van der Waals surface area contributed by atoms with Crippen molar-refractivity contribution in [2.24, 2.45) is 0 Å². The van der Waals surface area contributed by atoms with Crippen LogP contribution in [0.4, 0.5) is 8.78 Å². The summed E-state index contributed by atoms with van der Waals surface area (Å²) < 4.78 is 26.5. The minimum atomic E-state index is -2.72. The van der Waals surface area contributed by atoms with Gasteiger partial charge < -0.3 is 5.32 Å². The molecule has 0 fully saturated rings. The Kier molecular flexibility index (Phi) is 4.17. The van der Waals surface area contributed by atoms with E-state index in [0.29, 0.717) is 12.2 Å². The van der Waals surface area contributed by atoms with Crippen LogP contribution in [0.25, 0.3) is 0 Å². The third-order valence-electron chi connectivity index (χ3n) is 2.96. The molecule has 0 aliphatic heterocycles. The largest absolute Gasteiger partial charge is 0.346 e. The van der Waals surface area contributed by atoms with Gasteiger partial charge in [-0.15, -0.1) is 11.3 Å². The second-order valence-corrected chi connectivity index (χ2v) is 5.72. The van der Waals surface area contributed by atoms with Gasteiger partial charge >= 0.3 is 6.55 Å². The zero-order valence-electron chi connectivity index (χ0n) is 11.4. The lowest BCUT2D eigenvalue weighted by Crippen LogP contribution is -2.26. The molecule has 2 heterocycles. The molecule has 108 valence electrons. The highest BCUT2D eigenvalue weighted by Crippen LogP contribution is 2.20. The molecule has 2 aromatic heterocycles. The van der Waals surface area contributed by atoms with Gasteiger partial charge in [-0.3, -0.25) is 9.36 Å². The predicted octanol–water partition coefficient (Wildman–Crippen LogP) is 3.19. The van der Waals surface area contributed by atoms with Crippen LogP contribution >= 0.6 is 11.3 Å². The van der Waals surface area contributed by atoms with E-state index in [2.05, 4.69) is 10.3 Å². The first kappa shape index (κ1) is 14.6. The van der Waals surface area contributed by atoms with Gasteiger partial charge in [0.05, 0.1) is 17.2 Å². The maximum absolute atomic E-state index is 12.9. The molecule has 0 spiro atoms. The summed E-state index contributed by atoms with van der Waals surface area (Å²) in [6.07, 6.45) is 0. The van der Waals surface area contributed by atoms with Crippen molar-refractivity contribution >= 4 is 17.2 Å². The average Bonchev–Trinajstić information content (AvgIpc) is 2.89. The number of carbonyl (C=O) groups is 1. The minimum Gasteiger partial charge on any atom is -0.346 e. The van der Waals surface area contributed by atoms with E-state index in [4.69, 9.17) is 0 Å². The fourth-order valence-electron chi connectivity index (χ4n) is 1.98. The van der Waals surface area contributed by atoms with Gasteiger partial charge in [0, 0.05) is 10.6 Å². The summed E-state index contributed by atoms with van der Waals surface area (Å²) in [7, 11) is 0. The molecule has 0 unspecified atom stereocenters. The fraction of sp³-hybridized carbons (Fsp3) is 0.385. The zero-order valence-corrected chi connectivity index (χ0v) is 12.2. The van der Waals surface area contributed by atoms with Crippen LogP contribution in [-0.4, -0.2) is 15.5 Å². The Balaban J connectivity index is 2.11. The first-order valence-electron chi connectivity index (χ1n) is 6.07. The number of aromatic nitrogens is 2. The van der Waals surface area contributed by atoms with Crippen molar-refractivity contribution in [3.8, 4) is 0 Å². The number of carbonyl (C=O) groups excluding carboxylic acids is 1. The van der Waals surface area contributed by atoms with Crippen molar-refractivity contribution in [3.63, 3.8) is 0 Å². The summed E-state index contributed by atoms with van der Waals surface area (Å²) in [5.41, 5.74) is 1.18. The van der Waals surface area contributed by atoms with Gasteiger partial charge in [-0.05, 0) is 32.9 Å².